The van der Waals surface area contributed by atoms with Crippen molar-refractivity contribution in [2.75, 3.05) is 38.7 Å². The maximum Gasteiger partial charge on any atom is 0.490 e. The zero-order chi connectivity index (χ0) is 27.5. The standard InChI is InChI=1S/C16H23N3O3.2C2HF3O2/c1-21-8-7-19-6-4-12-9-14(22-15(12)11-19)16(20)18-13-3-2-5-17-10-13;2*3-2(4,5)1(6)7/h2-3,5,10,12,14-15H,4,6-9,11H2,1H3,(H,18,20);2*(H,6,7)/t12-,14+,15+;;/m0../s1. The van der Waals surface area contributed by atoms with Crippen LogP contribution in [0, 0.1) is 5.92 Å². The van der Waals surface area contributed by atoms with Gasteiger partial charge in [-0.1, -0.05) is 0 Å². The summed E-state index contributed by atoms with van der Waals surface area (Å²) in [6.07, 6.45) is -5.12. The van der Waals surface area contributed by atoms with Gasteiger partial charge in [0.1, 0.15) is 6.10 Å². The summed E-state index contributed by atoms with van der Waals surface area (Å²) in [6, 6.07) is 3.64. The average molecular weight is 533 g/mol. The zero-order valence-electron chi connectivity index (χ0n) is 18.9. The van der Waals surface area contributed by atoms with Crippen molar-refractivity contribution >= 4 is 23.5 Å². The Morgan fingerprint density at radius 1 is 1.17 bits per heavy atom. The van der Waals surface area contributed by atoms with Gasteiger partial charge in [-0.2, -0.15) is 26.3 Å². The fourth-order valence-electron chi connectivity index (χ4n) is 3.25. The Bertz CT molecular complexity index is 830. The van der Waals surface area contributed by atoms with E-state index in [0.717, 1.165) is 39.1 Å². The number of carboxylic acids is 2. The van der Waals surface area contributed by atoms with E-state index in [4.69, 9.17) is 29.3 Å². The van der Waals surface area contributed by atoms with Gasteiger partial charge >= 0.3 is 24.3 Å². The highest BCUT2D eigenvalue weighted by Crippen LogP contribution is 2.33. The van der Waals surface area contributed by atoms with Gasteiger partial charge in [-0.25, -0.2) is 9.59 Å². The van der Waals surface area contributed by atoms with Crippen molar-refractivity contribution in [3.8, 4) is 0 Å². The second kappa shape index (κ2) is 13.9. The van der Waals surface area contributed by atoms with Gasteiger partial charge in [-0.3, -0.25) is 14.7 Å². The molecule has 3 rings (SSSR count). The molecule has 36 heavy (non-hydrogen) atoms. The predicted molar refractivity (Wildman–Crippen MR) is 110 cm³/mol. The molecule has 0 aliphatic carbocycles. The molecule has 0 saturated carbocycles. The third kappa shape index (κ3) is 11.2. The fourth-order valence-corrected chi connectivity index (χ4v) is 3.25. The summed E-state index contributed by atoms with van der Waals surface area (Å²) in [7, 11) is 1.72. The van der Waals surface area contributed by atoms with Crippen molar-refractivity contribution in [3.05, 3.63) is 24.5 Å². The van der Waals surface area contributed by atoms with Crippen molar-refractivity contribution in [2.24, 2.45) is 5.92 Å². The fraction of sp³-hybridized carbons (Fsp3) is 0.600. The minimum absolute atomic E-state index is 0.0640. The first kappa shape index (κ1) is 31.1. The number of carbonyl (C=O) groups excluding carboxylic acids is 1. The molecule has 10 nitrogen and oxygen atoms in total. The van der Waals surface area contributed by atoms with Crippen molar-refractivity contribution in [3.63, 3.8) is 0 Å². The molecular formula is C20H25F6N3O7. The third-order valence-electron chi connectivity index (χ3n) is 4.95. The molecule has 2 saturated heterocycles. The number of piperidine rings is 1. The number of carboxylic acid groups (broad SMARTS) is 2. The lowest BCUT2D eigenvalue weighted by Gasteiger charge is -2.33. The number of hydrogen-bond acceptors (Lipinski definition) is 7. The van der Waals surface area contributed by atoms with Crippen LogP contribution in [0.25, 0.3) is 0 Å². The Hall–Kier alpha value is -2.98. The van der Waals surface area contributed by atoms with E-state index >= 15 is 0 Å². The topological polar surface area (TPSA) is 138 Å². The number of likely N-dealkylation sites (tertiary alicyclic amines) is 1. The number of nitrogens with one attached hydrogen (secondary N) is 1. The normalized spacial score (nSPS) is 21.7. The number of ether oxygens (including phenoxy) is 2. The Balaban J connectivity index is 0.000000383. The van der Waals surface area contributed by atoms with Gasteiger partial charge in [-0.15, -0.1) is 0 Å². The van der Waals surface area contributed by atoms with Gasteiger partial charge in [0.15, 0.2) is 0 Å². The Labute approximate surface area is 201 Å². The minimum Gasteiger partial charge on any atom is -0.475 e. The number of aromatic nitrogens is 1. The Morgan fingerprint density at radius 3 is 2.22 bits per heavy atom. The number of rotatable bonds is 5. The highest BCUT2D eigenvalue weighted by atomic mass is 19.4. The number of halogens is 6. The van der Waals surface area contributed by atoms with Crippen LogP contribution in [0.2, 0.25) is 0 Å². The van der Waals surface area contributed by atoms with Crippen LogP contribution in [-0.2, 0) is 23.9 Å². The first-order valence-corrected chi connectivity index (χ1v) is 10.3. The number of nitrogens with zero attached hydrogens (tertiary/aromatic N) is 2. The molecule has 0 aromatic carbocycles. The van der Waals surface area contributed by atoms with Gasteiger partial charge in [0.25, 0.3) is 5.91 Å². The minimum atomic E-state index is -5.08. The molecule has 3 N–H and O–H groups in total. The largest absolute Gasteiger partial charge is 0.490 e. The second-order valence-electron chi connectivity index (χ2n) is 7.58. The molecule has 2 aliphatic rings. The maximum absolute atomic E-state index is 12.3. The quantitative estimate of drug-likeness (QED) is 0.487. The molecule has 1 aromatic rings. The zero-order valence-corrected chi connectivity index (χ0v) is 18.9. The highest BCUT2D eigenvalue weighted by molar-refractivity contribution is 5.94. The summed E-state index contributed by atoms with van der Waals surface area (Å²) in [5.74, 6) is -5.09. The number of pyridine rings is 1. The van der Waals surface area contributed by atoms with Gasteiger partial charge in [0.2, 0.25) is 0 Å². The van der Waals surface area contributed by atoms with E-state index in [-0.39, 0.29) is 18.1 Å². The number of methoxy groups -OCH3 is 1. The van der Waals surface area contributed by atoms with Crippen molar-refractivity contribution in [1.82, 2.24) is 9.88 Å². The van der Waals surface area contributed by atoms with E-state index in [0.29, 0.717) is 11.6 Å². The van der Waals surface area contributed by atoms with Crippen LogP contribution in [0.4, 0.5) is 32.0 Å². The van der Waals surface area contributed by atoms with Crippen molar-refractivity contribution < 1.29 is 60.4 Å². The molecule has 2 fully saturated rings. The lowest BCUT2D eigenvalue weighted by atomic mass is 9.91. The van der Waals surface area contributed by atoms with Crippen LogP contribution in [0.5, 0.6) is 0 Å². The number of hydrogen-bond donors (Lipinski definition) is 3. The van der Waals surface area contributed by atoms with Gasteiger partial charge in [-0.05, 0) is 37.4 Å². The van der Waals surface area contributed by atoms with Crippen LogP contribution in [-0.4, -0.2) is 95.9 Å². The van der Waals surface area contributed by atoms with E-state index < -0.39 is 24.3 Å². The summed E-state index contributed by atoms with van der Waals surface area (Å²) in [6.45, 7) is 3.62. The van der Waals surface area contributed by atoms with Crippen LogP contribution >= 0.6 is 0 Å². The summed E-state index contributed by atoms with van der Waals surface area (Å²) in [5, 5.41) is 17.1. The van der Waals surface area contributed by atoms with Crippen molar-refractivity contribution in [2.45, 2.75) is 37.4 Å². The van der Waals surface area contributed by atoms with Crippen molar-refractivity contribution in [1.29, 1.82) is 0 Å². The molecule has 204 valence electrons. The van der Waals surface area contributed by atoms with Crippen LogP contribution in [0.3, 0.4) is 0 Å². The van der Waals surface area contributed by atoms with Crippen LogP contribution < -0.4 is 5.32 Å². The molecule has 16 heteroatoms. The number of fused-ring (bicyclic) bond motifs is 1. The first-order chi connectivity index (χ1) is 16.6. The van der Waals surface area contributed by atoms with Crippen LogP contribution in [0.15, 0.2) is 24.5 Å². The molecule has 0 bridgehead atoms. The van der Waals surface area contributed by atoms with Gasteiger partial charge < -0.3 is 25.0 Å². The summed E-state index contributed by atoms with van der Waals surface area (Å²) >= 11 is 0. The number of alkyl halides is 6. The number of anilines is 1. The van der Waals surface area contributed by atoms with Gasteiger partial charge in [0, 0.05) is 26.4 Å². The molecule has 0 spiro atoms. The van der Waals surface area contributed by atoms with E-state index in [1.165, 1.54) is 0 Å². The molecule has 0 radical (unpaired) electrons. The summed E-state index contributed by atoms with van der Waals surface area (Å²) in [4.78, 5) is 36.5. The average Bonchev–Trinajstić information content (AvgIpc) is 3.21. The number of aliphatic carboxylic acids is 2. The Morgan fingerprint density at radius 2 is 1.75 bits per heavy atom. The lowest BCUT2D eigenvalue weighted by molar-refractivity contribution is -0.193. The molecule has 3 atom stereocenters. The number of carbonyl (C=O) groups is 3. The maximum atomic E-state index is 12.3. The van der Waals surface area contributed by atoms with E-state index in [2.05, 4.69) is 15.2 Å². The first-order valence-electron chi connectivity index (χ1n) is 10.3. The molecule has 1 amide bonds. The molecule has 0 unspecified atom stereocenters. The van der Waals surface area contributed by atoms with E-state index in [1.807, 2.05) is 6.07 Å². The molecule has 2 aliphatic heterocycles. The van der Waals surface area contributed by atoms with E-state index in [1.54, 1.807) is 25.6 Å². The van der Waals surface area contributed by atoms with Crippen LogP contribution in [0.1, 0.15) is 12.8 Å². The summed E-state index contributed by atoms with van der Waals surface area (Å²) in [5.41, 5.74) is 0.715. The molecular weight excluding hydrogens is 508 g/mol. The molecule has 3 heterocycles. The summed E-state index contributed by atoms with van der Waals surface area (Å²) < 4.78 is 74.6. The second-order valence-corrected chi connectivity index (χ2v) is 7.58. The monoisotopic (exact) mass is 533 g/mol. The smallest absolute Gasteiger partial charge is 0.475 e. The third-order valence-corrected chi connectivity index (χ3v) is 4.95. The predicted octanol–water partition coefficient (Wildman–Crippen LogP) is 2.41. The van der Waals surface area contributed by atoms with Gasteiger partial charge in [0.05, 0.1) is 24.6 Å². The SMILES string of the molecule is COCCN1CC[C@H]2C[C@H](C(=O)Nc3cccnc3)O[C@@H]2C1.O=C(O)C(F)(F)F.O=C(O)C(F)(F)F. The lowest BCUT2D eigenvalue weighted by Crippen LogP contribution is -2.43. The Kier molecular flexibility index (Phi) is 12.0. The van der Waals surface area contributed by atoms with E-state index in [9.17, 15) is 31.1 Å². The number of amides is 1. The molecule has 1 aromatic heterocycles. The highest BCUT2D eigenvalue weighted by Gasteiger charge is 2.42.